The third-order valence-corrected chi connectivity index (χ3v) is 4.72. The fraction of sp³-hybridized carbons (Fsp3) is 0.500. The number of benzene rings is 1. The maximum Gasteiger partial charge on any atom is 0.0726 e. The van der Waals surface area contributed by atoms with Gasteiger partial charge in [0, 0.05) is 30.7 Å². The van der Waals surface area contributed by atoms with Crippen LogP contribution in [0.3, 0.4) is 0 Å². The topological polar surface area (TPSA) is 42.1 Å². The van der Waals surface area contributed by atoms with Gasteiger partial charge in [-0.25, -0.2) is 0 Å². The molecule has 0 aliphatic carbocycles. The lowest BCUT2D eigenvalue weighted by Crippen LogP contribution is -2.25. The zero-order valence-corrected chi connectivity index (χ0v) is 12.9. The Morgan fingerprint density at radius 3 is 2.90 bits per heavy atom. The zero-order valence-electron chi connectivity index (χ0n) is 12.9. The lowest BCUT2D eigenvalue weighted by Gasteiger charge is -2.25. The largest absolute Gasteiger partial charge is 0.371 e. The molecule has 1 aromatic carbocycles. The first-order valence-corrected chi connectivity index (χ1v) is 8.15. The summed E-state index contributed by atoms with van der Waals surface area (Å²) in [6, 6.07) is 10.6. The van der Waals surface area contributed by atoms with Gasteiger partial charge in [0.05, 0.1) is 11.2 Å². The number of hydrogen-bond donors (Lipinski definition) is 1. The number of aromatic nitrogens is 1. The summed E-state index contributed by atoms with van der Waals surface area (Å²) in [6.07, 6.45) is 5.25. The molecule has 1 saturated heterocycles. The molecule has 21 heavy (non-hydrogen) atoms. The van der Waals surface area contributed by atoms with Crippen LogP contribution in [0.5, 0.6) is 0 Å². The summed E-state index contributed by atoms with van der Waals surface area (Å²) in [4.78, 5) is 7.19. The van der Waals surface area contributed by atoms with Crippen molar-refractivity contribution in [3.05, 3.63) is 36.0 Å². The van der Waals surface area contributed by atoms with Crippen LogP contribution >= 0.6 is 0 Å². The quantitative estimate of drug-likeness (QED) is 0.933. The van der Waals surface area contributed by atoms with Gasteiger partial charge in [-0.15, -0.1) is 0 Å². The molecule has 1 aliphatic heterocycles. The van der Waals surface area contributed by atoms with Crippen molar-refractivity contribution < 1.29 is 0 Å². The highest BCUT2D eigenvalue weighted by Gasteiger charge is 2.18. The van der Waals surface area contributed by atoms with Gasteiger partial charge in [-0.2, -0.15) is 0 Å². The highest BCUT2D eigenvalue weighted by atomic mass is 15.1. The predicted octanol–water partition coefficient (Wildman–Crippen LogP) is 3.71. The summed E-state index contributed by atoms with van der Waals surface area (Å²) in [5, 5.41) is 1.25. The molecule has 2 heterocycles. The van der Waals surface area contributed by atoms with Crippen molar-refractivity contribution in [3.8, 4) is 0 Å². The van der Waals surface area contributed by atoms with Gasteiger partial charge in [0.25, 0.3) is 0 Å². The first-order valence-electron chi connectivity index (χ1n) is 8.15. The summed E-state index contributed by atoms with van der Waals surface area (Å²) in [7, 11) is 0. The average molecular weight is 283 g/mol. The Morgan fingerprint density at radius 1 is 1.24 bits per heavy atom. The van der Waals surface area contributed by atoms with Crippen LogP contribution in [0.25, 0.3) is 10.9 Å². The highest BCUT2D eigenvalue weighted by Crippen LogP contribution is 2.30. The SMILES string of the molecule is CCC1CCCN(c2cc(CN)nc3ccccc23)CC1. The molecule has 2 N–H and O–H groups in total. The van der Waals surface area contributed by atoms with E-state index in [9.17, 15) is 0 Å². The minimum atomic E-state index is 0.503. The van der Waals surface area contributed by atoms with Crippen molar-refractivity contribution >= 4 is 16.6 Å². The average Bonchev–Trinajstić information content (AvgIpc) is 2.79. The molecule has 0 saturated carbocycles. The van der Waals surface area contributed by atoms with Crippen LogP contribution in [-0.2, 0) is 6.54 Å². The van der Waals surface area contributed by atoms with Crippen molar-refractivity contribution in [2.24, 2.45) is 11.7 Å². The first kappa shape index (κ1) is 14.3. The van der Waals surface area contributed by atoms with Gasteiger partial charge in [-0.05, 0) is 37.3 Å². The van der Waals surface area contributed by atoms with Crippen LogP contribution < -0.4 is 10.6 Å². The van der Waals surface area contributed by atoms with Gasteiger partial charge in [0.1, 0.15) is 0 Å². The Kier molecular flexibility index (Phi) is 4.39. The van der Waals surface area contributed by atoms with Crippen LogP contribution in [0.1, 0.15) is 38.3 Å². The molecule has 1 fully saturated rings. The Hall–Kier alpha value is -1.61. The lowest BCUT2D eigenvalue weighted by atomic mass is 9.98. The maximum absolute atomic E-state index is 5.83. The third kappa shape index (κ3) is 3.03. The van der Waals surface area contributed by atoms with E-state index in [0.29, 0.717) is 6.54 Å². The summed E-state index contributed by atoms with van der Waals surface area (Å²) in [6.45, 7) is 5.11. The number of hydrogen-bond acceptors (Lipinski definition) is 3. The lowest BCUT2D eigenvalue weighted by molar-refractivity contribution is 0.459. The van der Waals surface area contributed by atoms with Crippen LogP contribution in [0.4, 0.5) is 5.69 Å². The molecule has 1 atom stereocenters. The maximum atomic E-state index is 5.83. The molecule has 1 aliphatic rings. The molecule has 1 aromatic heterocycles. The summed E-state index contributed by atoms with van der Waals surface area (Å²) in [5.41, 5.74) is 9.20. The van der Waals surface area contributed by atoms with Crippen molar-refractivity contribution in [1.82, 2.24) is 4.98 Å². The molecule has 3 rings (SSSR count). The summed E-state index contributed by atoms with van der Waals surface area (Å²) >= 11 is 0. The number of nitrogens with zero attached hydrogens (tertiary/aromatic N) is 2. The molecule has 112 valence electrons. The molecule has 0 bridgehead atoms. The van der Waals surface area contributed by atoms with Crippen molar-refractivity contribution in [2.45, 2.75) is 39.2 Å². The normalized spacial score (nSPS) is 19.7. The Balaban J connectivity index is 1.98. The second-order valence-electron chi connectivity index (χ2n) is 6.05. The van der Waals surface area contributed by atoms with E-state index >= 15 is 0 Å². The molecule has 0 spiro atoms. The smallest absolute Gasteiger partial charge is 0.0726 e. The van der Waals surface area contributed by atoms with E-state index < -0.39 is 0 Å². The van der Waals surface area contributed by atoms with E-state index in [1.807, 2.05) is 0 Å². The fourth-order valence-electron chi connectivity index (χ4n) is 3.39. The minimum Gasteiger partial charge on any atom is -0.371 e. The summed E-state index contributed by atoms with van der Waals surface area (Å²) in [5.74, 6) is 0.886. The van der Waals surface area contributed by atoms with Gasteiger partial charge >= 0.3 is 0 Å². The van der Waals surface area contributed by atoms with E-state index in [1.54, 1.807) is 0 Å². The van der Waals surface area contributed by atoms with Gasteiger partial charge in [-0.3, -0.25) is 4.98 Å². The van der Waals surface area contributed by atoms with E-state index in [1.165, 1.54) is 36.8 Å². The van der Waals surface area contributed by atoms with E-state index in [4.69, 9.17) is 5.73 Å². The Bertz CT molecular complexity index is 608. The number of pyridine rings is 1. The number of nitrogens with two attached hydrogens (primary N) is 1. The van der Waals surface area contributed by atoms with Gasteiger partial charge in [0.2, 0.25) is 0 Å². The monoisotopic (exact) mass is 283 g/mol. The zero-order chi connectivity index (χ0) is 14.7. The standard InChI is InChI=1S/C18H25N3/c1-2-14-6-5-10-21(11-9-14)18-12-15(13-19)20-17-8-4-3-7-16(17)18/h3-4,7-8,12,14H,2,5-6,9-11,13,19H2,1H3. The fourth-order valence-corrected chi connectivity index (χ4v) is 3.39. The first-order chi connectivity index (χ1) is 10.3. The molecular weight excluding hydrogens is 258 g/mol. The Labute approximate surface area is 127 Å². The summed E-state index contributed by atoms with van der Waals surface area (Å²) < 4.78 is 0. The molecule has 0 amide bonds. The number of anilines is 1. The third-order valence-electron chi connectivity index (χ3n) is 4.72. The number of rotatable bonds is 3. The number of fused-ring (bicyclic) bond motifs is 1. The Morgan fingerprint density at radius 2 is 2.10 bits per heavy atom. The highest BCUT2D eigenvalue weighted by molar-refractivity contribution is 5.92. The predicted molar refractivity (Wildman–Crippen MR) is 89.5 cm³/mol. The van der Waals surface area contributed by atoms with Gasteiger partial charge < -0.3 is 10.6 Å². The van der Waals surface area contributed by atoms with E-state index in [2.05, 4.69) is 47.1 Å². The molecule has 2 aromatic rings. The molecule has 0 radical (unpaired) electrons. The second-order valence-corrected chi connectivity index (χ2v) is 6.05. The molecule has 3 heteroatoms. The van der Waals surface area contributed by atoms with Crippen LogP contribution in [0.2, 0.25) is 0 Å². The number of para-hydroxylation sites is 1. The minimum absolute atomic E-state index is 0.503. The van der Waals surface area contributed by atoms with Crippen LogP contribution in [-0.4, -0.2) is 18.1 Å². The molecule has 3 nitrogen and oxygen atoms in total. The second kappa shape index (κ2) is 6.44. The van der Waals surface area contributed by atoms with Crippen molar-refractivity contribution in [2.75, 3.05) is 18.0 Å². The molecule has 1 unspecified atom stereocenters. The van der Waals surface area contributed by atoms with E-state index in [-0.39, 0.29) is 0 Å². The van der Waals surface area contributed by atoms with Gasteiger partial charge in [0.15, 0.2) is 0 Å². The van der Waals surface area contributed by atoms with Gasteiger partial charge in [-0.1, -0.05) is 31.5 Å². The molecular formula is C18H25N3. The van der Waals surface area contributed by atoms with E-state index in [0.717, 1.165) is 30.2 Å². The van der Waals surface area contributed by atoms with Crippen LogP contribution in [0.15, 0.2) is 30.3 Å². The van der Waals surface area contributed by atoms with Crippen LogP contribution in [0, 0.1) is 5.92 Å². The van der Waals surface area contributed by atoms with Crippen molar-refractivity contribution in [1.29, 1.82) is 0 Å². The van der Waals surface area contributed by atoms with Crippen molar-refractivity contribution in [3.63, 3.8) is 0 Å².